The average molecular weight is 240 g/mol. The Kier molecular flexibility index (Phi) is 3.81. The van der Waals surface area contributed by atoms with Gasteiger partial charge in [0.25, 0.3) is 0 Å². The van der Waals surface area contributed by atoms with E-state index in [2.05, 4.69) is 37.9 Å². The molecule has 0 aliphatic carbocycles. The molecule has 3 heteroatoms. The third-order valence-electron chi connectivity index (χ3n) is 3.80. The van der Waals surface area contributed by atoms with Gasteiger partial charge in [-0.25, -0.2) is 0 Å². The fourth-order valence-electron chi connectivity index (χ4n) is 3.02. The Morgan fingerprint density at radius 3 is 2.65 bits per heavy atom. The lowest BCUT2D eigenvalue weighted by Crippen LogP contribution is -2.47. The van der Waals surface area contributed by atoms with E-state index in [9.17, 15) is 0 Å². The summed E-state index contributed by atoms with van der Waals surface area (Å²) >= 11 is 0. The van der Waals surface area contributed by atoms with Crippen LogP contribution in [0.25, 0.3) is 0 Å². The van der Waals surface area contributed by atoms with Crippen LogP contribution >= 0.6 is 0 Å². The van der Waals surface area contributed by atoms with Crippen molar-refractivity contribution in [2.45, 2.75) is 52.2 Å². The van der Waals surface area contributed by atoms with Crippen LogP contribution in [0.2, 0.25) is 0 Å². The van der Waals surface area contributed by atoms with E-state index in [0.717, 1.165) is 26.2 Å². The second-order valence-corrected chi connectivity index (χ2v) is 7.21. The predicted octanol–water partition coefficient (Wildman–Crippen LogP) is 1.88. The number of rotatable bonds is 2. The molecule has 1 N–H and O–H groups in total. The van der Waals surface area contributed by atoms with Gasteiger partial charge in [0.2, 0.25) is 0 Å². The molecule has 0 aromatic carbocycles. The zero-order valence-corrected chi connectivity index (χ0v) is 11.9. The predicted molar refractivity (Wildman–Crippen MR) is 71.3 cm³/mol. The van der Waals surface area contributed by atoms with Gasteiger partial charge in [0, 0.05) is 38.3 Å². The molecule has 2 fully saturated rings. The molecular weight excluding hydrogens is 212 g/mol. The lowest BCUT2D eigenvalue weighted by atomic mass is 9.93. The Balaban J connectivity index is 1.97. The normalized spacial score (nSPS) is 33.5. The molecule has 2 aliphatic rings. The summed E-state index contributed by atoms with van der Waals surface area (Å²) in [7, 11) is 0. The highest BCUT2D eigenvalue weighted by Crippen LogP contribution is 2.24. The van der Waals surface area contributed by atoms with Gasteiger partial charge in [-0.1, -0.05) is 13.8 Å². The van der Waals surface area contributed by atoms with Crippen molar-refractivity contribution >= 4 is 0 Å². The second-order valence-electron chi connectivity index (χ2n) is 7.21. The standard InChI is InChI=1S/C14H28N2O/c1-13(2)9-15-14(3,4)11-16(10-13)8-12-6-5-7-17-12/h12,15H,5-11H2,1-4H3. The molecule has 100 valence electrons. The molecular formula is C14H28N2O. The summed E-state index contributed by atoms with van der Waals surface area (Å²) in [5, 5.41) is 3.68. The minimum absolute atomic E-state index is 0.215. The van der Waals surface area contributed by atoms with Gasteiger partial charge >= 0.3 is 0 Å². The van der Waals surface area contributed by atoms with E-state index < -0.39 is 0 Å². The van der Waals surface area contributed by atoms with Crippen LogP contribution in [0.4, 0.5) is 0 Å². The zero-order valence-electron chi connectivity index (χ0n) is 11.9. The molecule has 1 unspecified atom stereocenters. The molecule has 0 aromatic rings. The van der Waals surface area contributed by atoms with E-state index in [4.69, 9.17) is 4.74 Å². The summed E-state index contributed by atoms with van der Waals surface area (Å²) in [6.45, 7) is 14.8. The molecule has 0 saturated carbocycles. The summed E-state index contributed by atoms with van der Waals surface area (Å²) in [5.41, 5.74) is 0.568. The highest BCUT2D eigenvalue weighted by Gasteiger charge is 2.33. The molecule has 0 spiro atoms. The van der Waals surface area contributed by atoms with Crippen molar-refractivity contribution in [3.63, 3.8) is 0 Å². The SMILES string of the molecule is CC1(C)CNC(C)(C)CN(CC2CCCO2)C1. The maximum absolute atomic E-state index is 5.77. The van der Waals surface area contributed by atoms with E-state index in [1.54, 1.807) is 0 Å². The van der Waals surface area contributed by atoms with E-state index in [-0.39, 0.29) is 5.54 Å². The molecule has 17 heavy (non-hydrogen) atoms. The van der Waals surface area contributed by atoms with Gasteiger partial charge in [0.05, 0.1) is 6.10 Å². The molecule has 0 bridgehead atoms. The van der Waals surface area contributed by atoms with Gasteiger partial charge in [-0.15, -0.1) is 0 Å². The van der Waals surface area contributed by atoms with Crippen molar-refractivity contribution in [3.8, 4) is 0 Å². The van der Waals surface area contributed by atoms with Gasteiger partial charge in [-0.3, -0.25) is 4.90 Å². The van der Waals surface area contributed by atoms with E-state index in [1.807, 2.05) is 0 Å². The smallest absolute Gasteiger partial charge is 0.0702 e. The van der Waals surface area contributed by atoms with Crippen LogP contribution in [0.3, 0.4) is 0 Å². The number of nitrogens with zero attached hydrogens (tertiary/aromatic N) is 1. The summed E-state index contributed by atoms with van der Waals surface area (Å²) in [6.07, 6.45) is 2.95. The lowest BCUT2D eigenvalue weighted by molar-refractivity contribution is 0.0601. The van der Waals surface area contributed by atoms with Gasteiger partial charge in [-0.05, 0) is 32.1 Å². The third-order valence-corrected chi connectivity index (χ3v) is 3.80. The molecule has 2 rings (SSSR count). The third kappa shape index (κ3) is 3.94. The lowest BCUT2D eigenvalue weighted by Gasteiger charge is -2.32. The van der Waals surface area contributed by atoms with Crippen LogP contribution in [-0.2, 0) is 4.74 Å². The molecule has 0 aromatic heterocycles. The maximum Gasteiger partial charge on any atom is 0.0702 e. The van der Waals surface area contributed by atoms with Crippen molar-refractivity contribution in [3.05, 3.63) is 0 Å². The fourth-order valence-corrected chi connectivity index (χ4v) is 3.02. The van der Waals surface area contributed by atoms with Gasteiger partial charge in [0.15, 0.2) is 0 Å². The summed E-state index contributed by atoms with van der Waals surface area (Å²) < 4.78 is 5.77. The minimum atomic E-state index is 0.215. The first-order chi connectivity index (χ1) is 7.86. The molecule has 1 atom stereocenters. The quantitative estimate of drug-likeness (QED) is 0.797. The molecule has 0 radical (unpaired) electrons. The molecule has 2 saturated heterocycles. The maximum atomic E-state index is 5.77. The Bertz CT molecular complexity index is 239. The van der Waals surface area contributed by atoms with Crippen molar-refractivity contribution in [2.24, 2.45) is 5.41 Å². The Morgan fingerprint density at radius 1 is 1.24 bits per heavy atom. The largest absolute Gasteiger partial charge is 0.377 e. The Morgan fingerprint density at radius 2 is 2.00 bits per heavy atom. The van der Waals surface area contributed by atoms with Gasteiger partial charge < -0.3 is 10.1 Å². The first kappa shape index (κ1) is 13.3. The summed E-state index contributed by atoms with van der Waals surface area (Å²) in [4.78, 5) is 2.59. The second kappa shape index (κ2) is 4.87. The number of hydrogen-bond acceptors (Lipinski definition) is 3. The van der Waals surface area contributed by atoms with Gasteiger partial charge in [-0.2, -0.15) is 0 Å². The highest BCUT2D eigenvalue weighted by molar-refractivity contribution is 4.91. The van der Waals surface area contributed by atoms with E-state index in [1.165, 1.54) is 19.4 Å². The molecule has 3 nitrogen and oxygen atoms in total. The van der Waals surface area contributed by atoms with Crippen molar-refractivity contribution in [1.29, 1.82) is 0 Å². The number of ether oxygens (including phenoxy) is 1. The first-order valence-electron chi connectivity index (χ1n) is 6.95. The Labute approximate surface area is 106 Å². The Hall–Kier alpha value is -0.120. The van der Waals surface area contributed by atoms with Crippen LogP contribution in [0.1, 0.15) is 40.5 Å². The topological polar surface area (TPSA) is 24.5 Å². The first-order valence-corrected chi connectivity index (χ1v) is 6.95. The minimum Gasteiger partial charge on any atom is -0.377 e. The summed E-state index contributed by atoms with van der Waals surface area (Å²) in [6, 6.07) is 0. The van der Waals surface area contributed by atoms with E-state index in [0.29, 0.717) is 11.5 Å². The zero-order chi connectivity index (χ0) is 12.5. The molecule has 0 amide bonds. The van der Waals surface area contributed by atoms with Crippen LogP contribution in [0.5, 0.6) is 0 Å². The summed E-state index contributed by atoms with van der Waals surface area (Å²) in [5.74, 6) is 0. The molecule has 2 aliphatic heterocycles. The highest BCUT2D eigenvalue weighted by atomic mass is 16.5. The monoisotopic (exact) mass is 240 g/mol. The van der Waals surface area contributed by atoms with Crippen LogP contribution in [0.15, 0.2) is 0 Å². The van der Waals surface area contributed by atoms with Crippen molar-refractivity contribution in [2.75, 3.05) is 32.8 Å². The van der Waals surface area contributed by atoms with E-state index >= 15 is 0 Å². The van der Waals surface area contributed by atoms with Crippen LogP contribution in [0, 0.1) is 5.41 Å². The van der Waals surface area contributed by atoms with Crippen LogP contribution in [-0.4, -0.2) is 49.3 Å². The van der Waals surface area contributed by atoms with Crippen LogP contribution < -0.4 is 5.32 Å². The van der Waals surface area contributed by atoms with Crippen molar-refractivity contribution < 1.29 is 4.74 Å². The fraction of sp³-hybridized carbons (Fsp3) is 1.00. The van der Waals surface area contributed by atoms with Crippen molar-refractivity contribution in [1.82, 2.24) is 10.2 Å². The number of hydrogen-bond donors (Lipinski definition) is 1. The molecule has 2 heterocycles. The van der Waals surface area contributed by atoms with Gasteiger partial charge in [0.1, 0.15) is 0 Å². The average Bonchev–Trinajstić information content (AvgIpc) is 2.63. The number of nitrogens with one attached hydrogen (secondary N) is 1.